The number of carboxylic acid groups (broad SMARTS) is 3. The maximum absolute atomic E-state index is 10.3. The first-order chi connectivity index (χ1) is 6.86. The van der Waals surface area contributed by atoms with Crippen LogP contribution >= 0.6 is 0 Å². The lowest BCUT2D eigenvalue weighted by molar-refractivity contribution is 0.0692. The molecular formula is C8H8O7. The summed E-state index contributed by atoms with van der Waals surface area (Å²) in [5.74, 6) is -2.29. The molecule has 1 rings (SSSR count). The lowest BCUT2D eigenvalue weighted by Gasteiger charge is -1.99. The summed E-state index contributed by atoms with van der Waals surface area (Å²) in [6, 6.07) is 3.76. The molecule has 0 amide bonds. The molecule has 0 fully saturated rings. The van der Waals surface area contributed by atoms with Crippen LogP contribution in [0.15, 0.2) is 18.2 Å². The molecule has 0 saturated carbocycles. The van der Waals surface area contributed by atoms with Gasteiger partial charge in [0.2, 0.25) is 0 Å². The van der Waals surface area contributed by atoms with Crippen molar-refractivity contribution in [1.82, 2.24) is 0 Å². The van der Waals surface area contributed by atoms with Crippen LogP contribution in [-0.4, -0.2) is 37.7 Å². The summed E-state index contributed by atoms with van der Waals surface area (Å²) < 4.78 is 0. The molecule has 0 heterocycles. The Morgan fingerprint density at radius 2 is 1.47 bits per heavy atom. The zero-order valence-corrected chi connectivity index (χ0v) is 7.28. The quantitative estimate of drug-likeness (QED) is 0.442. The molecule has 0 unspecified atom stereocenters. The molecule has 7 nitrogen and oxygen atoms in total. The second kappa shape index (κ2) is 5.32. The van der Waals surface area contributed by atoms with Crippen LogP contribution < -0.4 is 0 Å². The Bertz CT molecular complexity index is 367. The van der Waals surface area contributed by atoms with E-state index in [2.05, 4.69) is 0 Å². The summed E-state index contributed by atoms with van der Waals surface area (Å²) in [6.07, 6.45) is -1.83. The van der Waals surface area contributed by atoms with Crippen molar-refractivity contribution >= 4 is 12.1 Å². The summed E-state index contributed by atoms with van der Waals surface area (Å²) in [7, 11) is 0. The molecule has 0 spiro atoms. The van der Waals surface area contributed by atoms with Gasteiger partial charge in [-0.2, -0.15) is 0 Å². The van der Waals surface area contributed by atoms with E-state index in [-0.39, 0.29) is 5.56 Å². The number of hydrogen-bond donors (Lipinski definition) is 5. The molecule has 0 aromatic heterocycles. The zero-order valence-electron chi connectivity index (χ0n) is 7.28. The van der Waals surface area contributed by atoms with Crippen molar-refractivity contribution in [3.8, 4) is 11.5 Å². The smallest absolute Gasteiger partial charge is 0.503 e. The van der Waals surface area contributed by atoms with Crippen LogP contribution in [0.3, 0.4) is 0 Å². The molecule has 7 heteroatoms. The van der Waals surface area contributed by atoms with Crippen molar-refractivity contribution in [2.24, 2.45) is 0 Å². The van der Waals surface area contributed by atoms with E-state index in [9.17, 15) is 4.79 Å². The van der Waals surface area contributed by atoms with Gasteiger partial charge in [-0.1, -0.05) is 6.07 Å². The van der Waals surface area contributed by atoms with Gasteiger partial charge in [-0.15, -0.1) is 0 Å². The van der Waals surface area contributed by atoms with E-state index in [0.29, 0.717) is 0 Å². The van der Waals surface area contributed by atoms with Crippen LogP contribution in [0.2, 0.25) is 0 Å². The minimum atomic E-state index is -1.83. The van der Waals surface area contributed by atoms with Gasteiger partial charge < -0.3 is 25.5 Å². The fourth-order valence-electron chi connectivity index (χ4n) is 0.704. The van der Waals surface area contributed by atoms with Crippen molar-refractivity contribution in [3.63, 3.8) is 0 Å². The van der Waals surface area contributed by atoms with Crippen LogP contribution in [0.4, 0.5) is 4.79 Å². The predicted molar refractivity (Wildman–Crippen MR) is 47.4 cm³/mol. The maximum Gasteiger partial charge on any atom is 0.503 e. The Balaban J connectivity index is 0.000000423. The Morgan fingerprint density at radius 1 is 1.00 bits per heavy atom. The predicted octanol–water partition coefficient (Wildman–Crippen LogP) is 1.02. The number of carboxylic acids is 1. The minimum Gasteiger partial charge on any atom is -0.504 e. The molecule has 0 aliphatic carbocycles. The van der Waals surface area contributed by atoms with E-state index in [1.54, 1.807) is 0 Å². The number of carbonyl (C=O) groups is 2. The van der Waals surface area contributed by atoms with Crippen LogP contribution in [0.1, 0.15) is 10.4 Å². The lowest BCUT2D eigenvalue weighted by Crippen LogP contribution is -1.95. The Labute approximate surface area is 83.5 Å². The first-order valence-corrected chi connectivity index (χ1v) is 3.52. The third kappa shape index (κ3) is 4.36. The number of rotatable bonds is 1. The van der Waals surface area contributed by atoms with Crippen molar-refractivity contribution < 1.29 is 35.1 Å². The molecule has 0 bridgehead atoms. The average Bonchev–Trinajstić information content (AvgIpc) is 2.08. The summed E-state index contributed by atoms with van der Waals surface area (Å²) in [5, 5.41) is 40.1. The molecule has 1 aromatic carbocycles. The summed E-state index contributed by atoms with van der Waals surface area (Å²) >= 11 is 0. The van der Waals surface area contributed by atoms with Crippen LogP contribution in [0.25, 0.3) is 0 Å². The Hall–Kier alpha value is -2.44. The Kier molecular flexibility index (Phi) is 4.46. The lowest BCUT2D eigenvalue weighted by atomic mass is 10.2. The molecule has 0 saturated heterocycles. The summed E-state index contributed by atoms with van der Waals surface area (Å²) in [6.45, 7) is 0. The van der Waals surface area contributed by atoms with Gasteiger partial charge in [-0.05, 0) is 12.1 Å². The number of aromatic carboxylic acids is 1. The number of phenolic OH excluding ortho intramolecular Hbond substituents is 1. The van der Waals surface area contributed by atoms with Crippen LogP contribution in [0.5, 0.6) is 11.5 Å². The molecule has 1 aromatic rings. The summed E-state index contributed by atoms with van der Waals surface area (Å²) in [4.78, 5) is 18.9. The molecule has 0 aliphatic rings. The zero-order chi connectivity index (χ0) is 12.0. The van der Waals surface area contributed by atoms with Crippen molar-refractivity contribution in [3.05, 3.63) is 23.8 Å². The Morgan fingerprint density at radius 3 is 1.80 bits per heavy atom. The highest BCUT2D eigenvalue weighted by molar-refractivity contribution is 5.91. The van der Waals surface area contributed by atoms with Gasteiger partial charge in [-0.3, -0.25) is 0 Å². The average molecular weight is 216 g/mol. The highest BCUT2D eigenvalue weighted by atomic mass is 16.6. The third-order valence-corrected chi connectivity index (χ3v) is 1.25. The summed E-state index contributed by atoms with van der Waals surface area (Å²) in [5.41, 5.74) is -0.301. The first kappa shape index (κ1) is 12.6. The molecule has 5 N–H and O–H groups in total. The number of para-hydroxylation sites is 1. The maximum atomic E-state index is 10.3. The van der Waals surface area contributed by atoms with E-state index in [4.69, 9.17) is 30.3 Å². The molecule has 0 radical (unpaired) electrons. The highest BCUT2D eigenvalue weighted by Crippen LogP contribution is 2.27. The SMILES string of the molecule is O=C(O)O.O=C(O)c1cccc(O)c1O. The monoisotopic (exact) mass is 216 g/mol. The number of hydrogen-bond acceptors (Lipinski definition) is 4. The highest BCUT2D eigenvalue weighted by Gasteiger charge is 2.11. The van der Waals surface area contributed by atoms with Crippen LogP contribution in [0, 0.1) is 0 Å². The molecule has 82 valence electrons. The van der Waals surface area contributed by atoms with Gasteiger partial charge in [0.1, 0.15) is 5.56 Å². The molecule has 0 aliphatic heterocycles. The van der Waals surface area contributed by atoms with E-state index >= 15 is 0 Å². The molecule has 0 atom stereocenters. The second-order valence-electron chi connectivity index (χ2n) is 2.26. The van der Waals surface area contributed by atoms with Crippen molar-refractivity contribution in [2.45, 2.75) is 0 Å². The number of benzene rings is 1. The third-order valence-electron chi connectivity index (χ3n) is 1.25. The van der Waals surface area contributed by atoms with Gasteiger partial charge in [0.25, 0.3) is 0 Å². The van der Waals surface area contributed by atoms with Gasteiger partial charge in [0.05, 0.1) is 0 Å². The van der Waals surface area contributed by atoms with E-state index in [1.165, 1.54) is 18.2 Å². The topological polar surface area (TPSA) is 135 Å². The van der Waals surface area contributed by atoms with Gasteiger partial charge in [0, 0.05) is 0 Å². The van der Waals surface area contributed by atoms with E-state index < -0.39 is 23.6 Å². The largest absolute Gasteiger partial charge is 0.504 e. The van der Waals surface area contributed by atoms with Crippen LogP contribution in [-0.2, 0) is 0 Å². The van der Waals surface area contributed by atoms with Gasteiger partial charge in [0.15, 0.2) is 11.5 Å². The van der Waals surface area contributed by atoms with E-state index in [0.717, 1.165) is 0 Å². The van der Waals surface area contributed by atoms with Crippen molar-refractivity contribution in [2.75, 3.05) is 0 Å². The fraction of sp³-hybridized carbons (Fsp3) is 0. The molecular weight excluding hydrogens is 208 g/mol. The van der Waals surface area contributed by atoms with Crippen molar-refractivity contribution in [1.29, 1.82) is 0 Å². The first-order valence-electron chi connectivity index (χ1n) is 3.52. The number of aromatic hydroxyl groups is 2. The standard InChI is InChI=1S/C7H6O4.CH2O3/c8-5-3-1-2-4(6(5)9)7(10)11;2-1(3)4/h1-3,8-9H,(H,10,11);(H2,2,3,4). The number of phenols is 2. The van der Waals surface area contributed by atoms with Gasteiger partial charge in [-0.25, -0.2) is 9.59 Å². The molecule has 15 heavy (non-hydrogen) atoms. The fourth-order valence-corrected chi connectivity index (χ4v) is 0.704. The minimum absolute atomic E-state index is 0.301. The van der Waals surface area contributed by atoms with Gasteiger partial charge >= 0.3 is 12.1 Å². The normalized spacial score (nSPS) is 8.53. The second-order valence-corrected chi connectivity index (χ2v) is 2.26. The van der Waals surface area contributed by atoms with E-state index in [1.807, 2.05) is 0 Å².